The molecule has 0 aromatic carbocycles. The molecule has 3 nitrogen and oxygen atoms in total. The molecule has 1 saturated heterocycles. The van der Waals surface area contributed by atoms with Gasteiger partial charge in [-0.1, -0.05) is 27.7 Å². The van der Waals surface area contributed by atoms with Gasteiger partial charge in [0.15, 0.2) is 0 Å². The van der Waals surface area contributed by atoms with E-state index in [-0.39, 0.29) is 0 Å². The molecular weight excluding hydrogens is 248 g/mol. The zero-order valence-electron chi connectivity index (χ0n) is 14.5. The van der Waals surface area contributed by atoms with Crippen molar-refractivity contribution in [2.75, 3.05) is 26.7 Å². The van der Waals surface area contributed by atoms with E-state index in [0.717, 1.165) is 31.5 Å². The van der Waals surface area contributed by atoms with Crippen LogP contribution in [0.25, 0.3) is 0 Å². The Hall–Kier alpha value is -0.120. The summed E-state index contributed by atoms with van der Waals surface area (Å²) in [7, 11) is 2.24. The molecule has 1 aliphatic heterocycles. The van der Waals surface area contributed by atoms with Crippen LogP contribution in [0.1, 0.15) is 53.9 Å². The monoisotopic (exact) mass is 284 g/mol. The predicted octanol–water partition coefficient (Wildman–Crippen LogP) is 3.15. The van der Waals surface area contributed by atoms with Crippen molar-refractivity contribution in [2.45, 2.75) is 72.1 Å². The molecule has 3 heteroatoms. The maximum absolute atomic E-state index is 6.16. The van der Waals surface area contributed by atoms with E-state index in [1.54, 1.807) is 0 Å². The molecule has 1 heterocycles. The van der Waals surface area contributed by atoms with E-state index in [2.05, 4.69) is 51.9 Å². The third kappa shape index (κ3) is 7.05. The summed E-state index contributed by atoms with van der Waals surface area (Å²) >= 11 is 0. The van der Waals surface area contributed by atoms with Gasteiger partial charge in [-0.15, -0.1) is 0 Å². The Morgan fingerprint density at radius 1 is 1.05 bits per heavy atom. The zero-order chi connectivity index (χ0) is 15.1. The number of hydrogen-bond donors (Lipinski definition) is 1. The smallest absolute Gasteiger partial charge is 0.0707 e. The molecular formula is C17H36N2O. The SMILES string of the molecule is CC(C)CNCC1CCC(CN(C)C(C)CC(C)C)O1. The number of rotatable bonds is 9. The van der Waals surface area contributed by atoms with Gasteiger partial charge in [-0.25, -0.2) is 0 Å². The molecule has 3 atom stereocenters. The summed E-state index contributed by atoms with van der Waals surface area (Å²) in [6.07, 6.45) is 4.55. The maximum Gasteiger partial charge on any atom is 0.0707 e. The van der Waals surface area contributed by atoms with E-state index >= 15 is 0 Å². The molecule has 0 radical (unpaired) electrons. The number of nitrogens with one attached hydrogen (secondary N) is 1. The number of ether oxygens (including phenoxy) is 1. The summed E-state index contributed by atoms with van der Waals surface area (Å²) in [6, 6.07) is 0.650. The highest BCUT2D eigenvalue weighted by atomic mass is 16.5. The van der Waals surface area contributed by atoms with Crippen molar-refractivity contribution in [3.05, 3.63) is 0 Å². The first-order valence-electron chi connectivity index (χ1n) is 8.44. The molecule has 1 fully saturated rings. The number of nitrogens with zero attached hydrogens (tertiary/aromatic N) is 1. The topological polar surface area (TPSA) is 24.5 Å². The summed E-state index contributed by atoms with van der Waals surface area (Å²) in [4.78, 5) is 2.47. The van der Waals surface area contributed by atoms with Crippen molar-refractivity contribution in [3.63, 3.8) is 0 Å². The minimum atomic E-state index is 0.424. The normalized spacial score (nSPS) is 25.1. The lowest BCUT2D eigenvalue weighted by molar-refractivity contribution is 0.0201. The molecule has 0 aliphatic carbocycles. The van der Waals surface area contributed by atoms with Crippen molar-refractivity contribution in [1.29, 1.82) is 0 Å². The second kappa shape index (κ2) is 9.01. The highest BCUT2D eigenvalue weighted by Crippen LogP contribution is 2.21. The van der Waals surface area contributed by atoms with Gasteiger partial charge in [0.25, 0.3) is 0 Å². The second-order valence-corrected chi connectivity index (χ2v) is 7.43. The molecule has 20 heavy (non-hydrogen) atoms. The van der Waals surface area contributed by atoms with Crippen LogP contribution in [0.3, 0.4) is 0 Å². The van der Waals surface area contributed by atoms with E-state index in [1.165, 1.54) is 19.3 Å². The summed E-state index contributed by atoms with van der Waals surface area (Å²) < 4.78 is 6.16. The molecule has 0 aromatic rings. The van der Waals surface area contributed by atoms with Gasteiger partial charge in [0.05, 0.1) is 12.2 Å². The summed E-state index contributed by atoms with van der Waals surface area (Å²) in [5, 5.41) is 3.51. The second-order valence-electron chi connectivity index (χ2n) is 7.43. The van der Waals surface area contributed by atoms with Crippen LogP contribution in [0.15, 0.2) is 0 Å². The van der Waals surface area contributed by atoms with Gasteiger partial charge in [0, 0.05) is 19.1 Å². The molecule has 1 rings (SSSR count). The van der Waals surface area contributed by atoms with Crippen LogP contribution in [0.5, 0.6) is 0 Å². The minimum Gasteiger partial charge on any atom is -0.372 e. The molecule has 1 aliphatic rings. The van der Waals surface area contributed by atoms with Gasteiger partial charge in [-0.05, 0) is 51.6 Å². The molecule has 0 amide bonds. The Morgan fingerprint density at radius 3 is 2.30 bits per heavy atom. The Kier molecular flexibility index (Phi) is 8.08. The van der Waals surface area contributed by atoms with Crippen molar-refractivity contribution < 1.29 is 4.74 Å². The Bertz CT molecular complexity index is 255. The first kappa shape index (κ1) is 17.9. The quantitative estimate of drug-likeness (QED) is 0.704. The van der Waals surface area contributed by atoms with Gasteiger partial charge >= 0.3 is 0 Å². The van der Waals surface area contributed by atoms with Crippen molar-refractivity contribution in [3.8, 4) is 0 Å². The predicted molar refractivity (Wildman–Crippen MR) is 87.1 cm³/mol. The first-order valence-corrected chi connectivity index (χ1v) is 8.44. The lowest BCUT2D eigenvalue weighted by Crippen LogP contribution is -2.37. The largest absolute Gasteiger partial charge is 0.372 e. The molecule has 1 N–H and O–H groups in total. The maximum atomic E-state index is 6.16. The highest BCUT2D eigenvalue weighted by molar-refractivity contribution is 4.79. The lowest BCUT2D eigenvalue weighted by Gasteiger charge is -2.28. The average Bonchev–Trinajstić information content (AvgIpc) is 2.75. The van der Waals surface area contributed by atoms with Crippen LogP contribution in [-0.4, -0.2) is 49.8 Å². The Morgan fingerprint density at radius 2 is 1.70 bits per heavy atom. The fraction of sp³-hybridized carbons (Fsp3) is 1.00. The van der Waals surface area contributed by atoms with Crippen molar-refractivity contribution >= 4 is 0 Å². The summed E-state index contributed by atoms with van der Waals surface area (Å²) in [5.41, 5.74) is 0. The van der Waals surface area contributed by atoms with Gasteiger partial charge in [-0.2, -0.15) is 0 Å². The van der Waals surface area contributed by atoms with Crippen molar-refractivity contribution in [1.82, 2.24) is 10.2 Å². The standard InChI is InChI=1S/C17H36N2O/c1-13(2)9-15(5)19(6)12-17-8-7-16(20-17)11-18-10-14(3)4/h13-18H,7-12H2,1-6H3. The van der Waals surface area contributed by atoms with Gasteiger partial charge in [0.2, 0.25) is 0 Å². The number of likely N-dealkylation sites (N-methyl/N-ethyl adjacent to an activating group) is 1. The fourth-order valence-corrected chi connectivity index (χ4v) is 2.96. The van der Waals surface area contributed by atoms with Crippen molar-refractivity contribution in [2.24, 2.45) is 11.8 Å². The molecule has 3 unspecified atom stereocenters. The fourth-order valence-electron chi connectivity index (χ4n) is 2.96. The molecule has 120 valence electrons. The van der Waals surface area contributed by atoms with Crippen LogP contribution < -0.4 is 5.32 Å². The summed E-state index contributed by atoms with van der Waals surface area (Å²) in [6.45, 7) is 14.6. The van der Waals surface area contributed by atoms with Crippen LogP contribution in [0.4, 0.5) is 0 Å². The van der Waals surface area contributed by atoms with Gasteiger partial charge in [-0.3, -0.25) is 0 Å². The lowest BCUT2D eigenvalue weighted by atomic mass is 10.0. The van der Waals surface area contributed by atoms with Crippen LogP contribution in [0, 0.1) is 11.8 Å². The summed E-state index contributed by atoms with van der Waals surface area (Å²) in [5.74, 6) is 1.49. The third-order valence-corrected chi connectivity index (χ3v) is 4.18. The molecule has 0 bridgehead atoms. The molecule has 0 saturated carbocycles. The van der Waals surface area contributed by atoms with E-state index in [9.17, 15) is 0 Å². The highest BCUT2D eigenvalue weighted by Gasteiger charge is 2.26. The molecule has 0 spiro atoms. The average molecular weight is 284 g/mol. The van der Waals surface area contributed by atoms with E-state index in [0.29, 0.717) is 18.2 Å². The minimum absolute atomic E-state index is 0.424. The first-order chi connectivity index (χ1) is 9.38. The van der Waals surface area contributed by atoms with Crippen LogP contribution in [0.2, 0.25) is 0 Å². The van der Waals surface area contributed by atoms with E-state index < -0.39 is 0 Å². The van der Waals surface area contributed by atoms with Crippen LogP contribution >= 0.6 is 0 Å². The third-order valence-electron chi connectivity index (χ3n) is 4.18. The number of hydrogen-bond acceptors (Lipinski definition) is 3. The zero-order valence-corrected chi connectivity index (χ0v) is 14.5. The van der Waals surface area contributed by atoms with E-state index in [1.807, 2.05) is 0 Å². The Balaban J connectivity index is 2.20. The van der Waals surface area contributed by atoms with Gasteiger partial charge < -0.3 is 15.0 Å². The molecule has 0 aromatic heterocycles. The van der Waals surface area contributed by atoms with Crippen LogP contribution in [-0.2, 0) is 4.74 Å². The van der Waals surface area contributed by atoms with Gasteiger partial charge in [0.1, 0.15) is 0 Å². The Labute approximate surface area is 126 Å². The van der Waals surface area contributed by atoms with E-state index in [4.69, 9.17) is 4.74 Å².